The molecule has 1 heterocycles. The van der Waals surface area contributed by atoms with E-state index in [0.29, 0.717) is 0 Å². The molecule has 64 valence electrons. The van der Waals surface area contributed by atoms with Crippen LogP contribution in [0.15, 0.2) is 47.9 Å². The van der Waals surface area contributed by atoms with Gasteiger partial charge >= 0.3 is 0 Å². The highest BCUT2D eigenvalue weighted by Crippen LogP contribution is 2.19. The first-order valence-electron chi connectivity index (χ1n) is 4.01. The topological polar surface area (TPSA) is 26.0 Å². The summed E-state index contributed by atoms with van der Waals surface area (Å²) in [5.41, 5.74) is 2.10. The Hall–Kier alpha value is -1.83. The van der Waals surface area contributed by atoms with E-state index in [1.165, 1.54) is 6.39 Å². The smallest absolute Gasteiger partial charge is 0.181 e. The summed E-state index contributed by atoms with van der Waals surface area (Å²) in [6.45, 7) is 3.71. The molecule has 0 aliphatic rings. The van der Waals surface area contributed by atoms with Gasteiger partial charge in [-0.2, -0.15) is 0 Å². The average molecular weight is 171 g/mol. The van der Waals surface area contributed by atoms with Crippen molar-refractivity contribution < 1.29 is 4.42 Å². The van der Waals surface area contributed by atoms with Crippen LogP contribution >= 0.6 is 0 Å². The molecule has 2 heteroatoms. The Morgan fingerprint density at radius 1 is 1.38 bits per heavy atom. The maximum Gasteiger partial charge on any atom is 0.181 e. The van der Waals surface area contributed by atoms with Crippen LogP contribution in [0.5, 0.6) is 0 Å². The molecule has 0 N–H and O–H groups in total. The summed E-state index contributed by atoms with van der Waals surface area (Å²) in [5.74, 6) is 0.781. The van der Waals surface area contributed by atoms with Crippen LogP contribution < -0.4 is 0 Å². The molecule has 0 amide bonds. The van der Waals surface area contributed by atoms with Gasteiger partial charge in [-0.1, -0.05) is 30.9 Å². The van der Waals surface area contributed by atoms with Crippen molar-refractivity contribution in [1.29, 1.82) is 0 Å². The van der Waals surface area contributed by atoms with Gasteiger partial charge < -0.3 is 4.42 Å². The number of aromatic nitrogens is 1. The van der Waals surface area contributed by atoms with Crippen molar-refractivity contribution in [3.8, 4) is 11.3 Å². The monoisotopic (exact) mass is 171 g/mol. The number of oxazole rings is 1. The quantitative estimate of drug-likeness (QED) is 0.694. The maximum absolute atomic E-state index is 5.17. The predicted molar refractivity (Wildman–Crippen MR) is 52.0 cm³/mol. The van der Waals surface area contributed by atoms with Crippen molar-refractivity contribution in [1.82, 2.24) is 4.98 Å². The van der Waals surface area contributed by atoms with E-state index in [-0.39, 0.29) is 0 Å². The minimum absolute atomic E-state index is 0.781. The second kappa shape index (κ2) is 3.27. The van der Waals surface area contributed by atoms with Gasteiger partial charge in [0.25, 0.3) is 0 Å². The summed E-state index contributed by atoms with van der Waals surface area (Å²) in [6, 6.07) is 7.95. The van der Waals surface area contributed by atoms with Gasteiger partial charge in [0.05, 0.1) is 6.20 Å². The fraction of sp³-hybridized carbons (Fsp3) is 0. The van der Waals surface area contributed by atoms with Gasteiger partial charge in [-0.25, -0.2) is 4.98 Å². The van der Waals surface area contributed by atoms with Gasteiger partial charge in [-0.05, 0) is 11.6 Å². The molecular weight excluding hydrogens is 162 g/mol. The van der Waals surface area contributed by atoms with E-state index < -0.39 is 0 Å². The Kier molecular flexibility index (Phi) is 1.96. The second-order valence-electron chi connectivity index (χ2n) is 2.70. The first kappa shape index (κ1) is 7.80. The predicted octanol–water partition coefficient (Wildman–Crippen LogP) is 2.98. The number of rotatable bonds is 2. The van der Waals surface area contributed by atoms with Crippen LogP contribution in [0.4, 0.5) is 0 Å². The van der Waals surface area contributed by atoms with Gasteiger partial charge in [-0.3, -0.25) is 0 Å². The molecule has 0 fully saturated rings. The van der Waals surface area contributed by atoms with Crippen molar-refractivity contribution in [3.05, 3.63) is 49.0 Å². The third-order valence-corrected chi connectivity index (χ3v) is 1.84. The molecule has 0 atom stereocenters. The minimum atomic E-state index is 0.781. The summed E-state index contributed by atoms with van der Waals surface area (Å²) < 4.78 is 5.17. The highest BCUT2D eigenvalue weighted by atomic mass is 16.3. The number of hydrogen-bond donors (Lipinski definition) is 0. The first-order valence-corrected chi connectivity index (χ1v) is 4.01. The number of hydrogen-bond acceptors (Lipinski definition) is 2. The Morgan fingerprint density at radius 3 is 3.00 bits per heavy atom. The lowest BCUT2D eigenvalue weighted by Crippen LogP contribution is -1.75. The molecule has 0 aliphatic heterocycles. The largest absolute Gasteiger partial charge is 0.444 e. The van der Waals surface area contributed by atoms with Crippen molar-refractivity contribution in [2.24, 2.45) is 0 Å². The van der Waals surface area contributed by atoms with Crippen LogP contribution in [0.1, 0.15) is 5.56 Å². The molecule has 2 aromatic rings. The van der Waals surface area contributed by atoms with Crippen molar-refractivity contribution >= 4 is 6.08 Å². The zero-order valence-corrected chi connectivity index (χ0v) is 7.10. The van der Waals surface area contributed by atoms with E-state index in [2.05, 4.69) is 11.6 Å². The van der Waals surface area contributed by atoms with Gasteiger partial charge in [0.1, 0.15) is 0 Å². The number of nitrogens with zero attached hydrogens (tertiary/aromatic N) is 1. The Balaban J connectivity index is 2.47. The van der Waals surface area contributed by atoms with Crippen molar-refractivity contribution in [2.45, 2.75) is 0 Å². The summed E-state index contributed by atoms with van der Waals surface area (Å²) in [4.78, 5) is 3.86. The lowest BCUT2D eigenvalue weighted by molar-refractivity contribution is 0.572. The Bertz CT molecular complexity index is 404. The molecule has 2 rings (SSSR count). The Labute approximate surface area is 76.5 Å². The molecule has 2 nitrogen and oxygen atoms in total. The summed E-state index contributed by atoms with van der Waals surface area (Å²) in [6.07, 6.45) is 4.93. The van der Waals surface area contributed by atoms with Gasteiger partial charge in [0.15, 0.2) is 12.2 Å². The SMILES string of the molecule is C=Cc1cccc(-c2cnco2)c1. The van der Waals surface area contributed by atoms with Crippen LogP contribution in [0, 0.1) is 0 Å². The molecule has 0 aliphatic carbocycles. The van der Waals surface area contributed by atoms with E-state index >= 15 is 0 Å². The highest BCUT2D eigenvalue weighted by molar-refractivity contribution is 5.61. The molecular formula is C11H9NO. The lowest BCUT2D eigenvalue weighted by Gasteiger charge is -1.96. The molecule has 13 heavy (non-hydrogen) atoms. The summed E-state index contributed by atoms with van der Waals surface area (Å²) >= 11 is 0. The molecule has 1 aromatic carbocycles. The van der Waals surface area contributed by atoms with Crippen LogP contribution in [0.25, 0.3) is 17.4 Å². The molecule has 1 aromatic heterocycles. The second-order valence-corrected chi connectivity index (χ2v) is 2.70. The Morgan fingerprint density at radius 2 is 2.31 bits per heavy atom. The van der Waals surface area contributed by atoms with E-state index in [0.717, 1.165) is 16.9 Å². The fourth-order valence-corrected chi connectivity index (χ4v) is 1.18. The zero-order valence-electron chi connectivity index (χ0n) is 7.10. The average Bonchev–Trinajstić information content (AvgIpc) is 2.71. The lowest BCUT2D eigenvalue weighted by atomic mass is 10.1. The number of benzene rings is 1. The summed E-state index contributed by atoms with van der Waals surface area (Å²) in [5, 5.41) is 0. The van der Waals surface area contributed by atoms with Crippen LogP contribution in [-0.2, 0) is 0 Å². The van der Waals surface area contributed by atoms with Crippen molar-refractivity contribution in [2.75, 3.05) is 0 Å². The molecule has 0 spiro atoms. The third-order valence-electron chi connectivity index (χ3n) is 1.84. The van der Waals surface area contributed by atoms with Crippen LogP contribution in [0.3, 0.4) is 0 Å². The van der Waals surface area contributed by atoms with E-state index in [1.807, 2.05) is 24.3 Å². The van der Waals surface area contributed by atoms with E-state index in [4.69, 9.17) is 4.42 Å². The molecule has 0 saturated heterocycles. The molecule has 0 bridgehead atoms. The summed E-state index contributed by atoms with van der Waals surface area (Å²) in [7, 11) is 0. The maximum atomic E-state index is 5.17. The molecule has 0 saturated carbocycles. The normalized spacial score (nSPS) is 9.85. The fourth-order valence-electron chi connectivity index (χ4n) is 1.18. The van der Waals surface area contributed by atoms with Crippen molar-refractivity contribution in [3.63, 3.8) is 0 Å². The van der Waals surface area contributed by atoms with E-state index in [1.54, 1.807) is 12.3 Å². The first-order chi connectivity index (χ1) is 6.40. The minimum Gasteiger partial charge on any atom is -0.444 e. The van der Waals surface area contributed by atoms with Gasteiger partial charge in [-0.15, -0.1) is 0 Å². The zero-order chi connectivity index (χ0) is 9.10. The standard InChI is InChI=1S/C11H9NO/c1-2-9-4-3-5-10(6-9)11-7-12-8-13-11/h2-8H,1H2. The van der Waals surface area contributed by atoms with Crippen LogP contribution in [0.2, 0.25) is 0 Å². The molecule has 0 radical (unpaired) electrons. The van der Waals surface area contributed by atoms with Gasteiger partial charge in [0, 0.05) is 5.56 Å². The molecule has 0 unspecified atom stereocenters. The highest BCUT2D eigenvalue weighted by Gasteiger charge is 1.99. The third kappa shape index (κ3) is 1.51. The van der Waals surface area contributed by atoms with E-state index in [9.17, 15) is 0 Å². The van der Waals surface area contributed by atoms with Gasteiger partial charge in [0.2, 0.25) is 0 Å². The van der Waals surface area contributed by atoms with Crippen LogP contribution in [-0.4, -0.2) is 4.98 Å².